The van der Waals surface area contributed by atoms with Crippen LogP contribution in [0.2, 0.25) is 0 Å². The summed E-state index contributed by atoms with van der Waals surface area (Å²) in [6.45, 7) is 3.43. The van der Waals surface area contributed by atoms with E-state index in [0.29, 0.717) is 12.1 Å². The Kier molecular flexibility index (Phi) is 3.51. The average Bonchev–Trinajstić information content (AvgIpc) is 2.45. The molecule has 0 radical (unpaired) electrons. The van der Waals surface area contributed by atoms with Gasteiger partial charge in [-0.3, -0.25) is 0 Å². The lowest BCUT2D eigenvalue weighted by molar-refractivity contribution is 0.330. The Labute approximate surface area is 105 Å². The zero-order chi connectivity index (χ0) is 10.8. The summed E-state index contributed by atoms with van der Waals surface area (Å²) in [5, 5.41) is 3.60. The molecule has 1 aromatic rings. The third-order valence-corrected chi connectivity index (χ3v) is 3.75. The summed E-state index contributed by atoms with van der Waals surface area (Å²) in [6, 6.07) is 9.87. The van der Waals surface area contributed by atoms with Crippen molar-refractivity contribution in [3.05, 3.63) is 27.8 Å². The fraction of sp³-hybridized carbons (Fsp3) is 0.500. The van der Waals surface area contributed by atoms with Crippen molar-refractivity contribution in [1.82, 2.24) is 4.90 Å². The van der Waals surface area contributed by atoms with Crippen LogP contribution in [0, 0.1) is 3.57 Å². The van der Waals surface area contributed by atoms with Gasteiger partial charge in [0.15, 0.2) is 0 Å². The maximum Gasteiger partial charge on any atom is 0.0403 e. The molecule has 1 aliphatic heterocycles. The van der Waals surface area contributed by atoms with E-state index >= 15 is 0 Å². The molecule has 0 aliphatic carbocycles. The number of halogens is 1. The van der Waals surface area contributed by atoms with Gasteiger partial charge in [0.1, 0.15) is 0 Å². The molecule has 2 unspecified atom stereocenters. The predicted molar refractivity (Wildman–Crippen MR) is 73.3 cm³/mol. The van der Waals surface area contributed by atoms with E-state index in [-0.39, 0.29) is 0 Å². The SMILES string of the molecule is CC1CC(Nc2cccc(I)c2)CN1C. The van der Waals surface area contributed by atoms with E-state index in [1.54, 1.807) is 0 Å². The van der Waals surface area contributed by atoms with Crippen molar-refractivity contribution >= 4 is 28.3 Å². The molecule has 82 valence electrons. The molecule has 1 fully saturated rings. The lowest BCUT2D eigenvalue weighted by atomic mass is 10.2. The second-order valence-electron chi connectivity index (χ2n) is 4.38. The first kappa shape index (κ1) is 11.2. The Morgan fingerprint density at radius 1 is 1.47 bits per heavy atom. The predicted octanol–water partition coefficient (Wildman–Crippen LogP) is 2.80. The van der Waals surface area contributed by atoms with Crippen molar-refractivity contribution < 1.29 is 0 Å². The molecule has 0 saturated carbocycles. The summed E-state index contributed by atoms with van der Waals surface area (Å²) in [6.07, 6.45) is 1.24. The van der Waals surface area contributed by atoms with Crippen molar-refractivity contribution in [2.75, 3.05) is 18.9 Å². The molecular weight excluding hydrogens is 299 g/mol. The van der Waals surface area contributed by atoms with E-state index in [0.717, 1.165) is 6.54 Å². The number of hydrogen-bond donors (Lipinski definition) is 1. The summed E-state index contributed by atoms with van der Waals surface area (Å²) >= 11 is 2.35. The van der Waals surface area contributed by atoms with Crippen LogP contribution in [0.15, 0.2) is 24.3 Å². The molecule has 1 saturated heterocycles. The van der Waals surface area contributed by atoms with Crippen LogP contribution in [0.5, 0.6) is 0 Å². The van der Waals surface area contributed by atoms with Gasteiger partial charge >= 0.3 is 0 Å². The van der Waals surface area contributed by atoms with Crippen molar-refractivity contribution in [1.29, 1.82) is 0 Å². The third-order valence-electron chi connectivity index (χ3n) is 3.08. The Bertz CT molecular complexity index is 330. The van der Waals surface area contributed by atoms with E-state index in [4.69, 9.17) is 0 Å². The number of likely N-dealkylation sites (tertiary alicyclic amines) is 1. The smallest absolute Gasteiger partial charge is 0.0403 e. The Balaban J connectivity index is 1.98. The van der Waals surface area contributed by atoms with Crippen LogP contribution in [-0.2, 0) is 0 Å². The quantitative estimate of drug-likeness (QED) is 0.844. The minimum atomic E-state index is 0.600. The first-order valence-corrected chi connectivity index (χ1v) is 6.45. The van der Waals surface area contributed by atoms with Gasteiger partial charge in [0, 0.05) is 27.9 Å². The Morgan fingerprint density at radius 3 is 2.87 bits per heavy atom. The van der Waals surface area contributed by atoms with Crippen LogP contribution in [-0.4, -0.2) is 30.6 Å². The largest absolute Gasteiger partial charge is 0.381 e. The van der Waals surface area contributed by atoms with Crippen LogP contribution < -0.4 is 5.32 Å². The summed E-state index contributed by atoms with van der Waals surface area (Å²) in [7, 11) is 2.20. The lowest BCUT2D eigenvalue weighted by Crippen LogP contribution is -2.24. The average molecular weight is 316 g/mol. The number of likely N-dealkylation sites (N-methyl/N-ethyl adjacent to an activating group) is 1. The fourth-order valence-corrected chi connectivity index (χ4v) is 2.66. The van der Waals surface area contributed by atoms with Crippen LogP contribution in [0.3, 0.4) is 0 Å². The van der Waals surface area contributed by atoms with E-state index in [9.17, 15) is 0 Å². The number of rotatable bonds is 2. The van der Waals surface area contributed by atoms with E-state index < -0.39 is 0 Å². The summed E-state index contributed by atoms with van der Waals surface area (Å²) in [5.74, 6) is 0. The van der Waals surface area contributed by atoms with Gasteiger partial charge in [0.05, 0.1) is 0 Å². The highest BCUT2D eigenvalue weighted by Crippen LogP contribution is 2.20. The van der Waals surface area contributed by atoms with Gasteiger partial charge in [-0.25, -0.2) is 0 Å². The van der Waals surface area contributed by atoms with Crippen molar-refractivity contribution in [3.8, 4) is 0 Å². The minimum absolute atomic E-state index is 0.600. The number of nitrogens with one attached hydrogen (secondary N) is 1. The third kappa shape index (κ3) is 2.84. The summed E-state index contributed by atoms with van der Waals surface area (Å²) < 4.78 is 1.29. The highest BCUT2D eigenvalue weighted by Gasteiger charge is 2.25. The van der Waals surface area contributed by atoms with Gasteiger partial charge in [-0.1, -0.05) is 6.07 Å². The second kappa shape index (κ2) is 4.70. The summed E-state index contributed by atoms with van der Waals surface area (Å²) in [5.41, 5.74) is 1.24. The molecule has 2 atom stereocenters. The molecule has 1 aromatic carbocycles. The standard InChI is InChI=1S/C12H17IN2/c1-9-6-12(8-15(9)2)14-11-5-3-4-10(13)7-11/h3-5,7,9,12,14H,6,8H2,1-2H3. The first-order valence-electron chi connectivity index (χ1n) is 5.37. The van der Waals surface area contributed by atoms with Crippen LogP contribution >= 0.6 is 22.6 Å². The van der Waals surface area contributed by atoms with E-state index in [1.807, 2.05) is 0 Å². The molecule has 1 heterocycles. The molecule has 2 nitrogen and oxygen atoms in total. The summed E-state index contributed by atoms with van der Waals surface area (Å²) in [4.78, 5) is 2.41. The second-order valence-corrected chi connectivity index (χ2v) is 5.62. The maximum absolute atomic E-state index is 3.60. The molecule has 0 aromatic heterocycles. The first-order chi connectivity index (χ1) is 7.15. The van der Waals surface area contributed by atoms with Crippen LogP contribution in [0.25, 0.3) is 0 Å². The molecule has 3 heteroatoms. The minimum Gasteiger partial charge on any atom is -0.381 e. The van der Waals surface area contributed by atoms with Crippen molar-refractivity contribution in [2.24, 2.45) is 0 Å². The highest BCUT2D eigenvalue weighted by atomic mass is 127. The van der Waals surface area contributed by atoms with Gasteiger partial charge in [0.25, 0.3) is 0 Å². The molecule has 1 N–H and O–H groups in total. The monoisotopic (exact) mass is 316 g/mol. The zero-order valence-corrected chi connectivity index (χ0v) is 11.4. The van der Waals surface area contributed by atoms with Gasteiger partial charge in [-0.05, 0) is 61.2 Å². The number of nitrogens with zero attached hydrogens (tertiary/aromatic N) is 1. The van der Waals surface area contributed by atoms with Gasteiger partial charge in [-0.2, -0.15) is 0 Å². The van der Waals surface area contributed by atoms with Gasteiger partial charge < -0.3 is 10.2 Å². The van der Waals surface area contributed by atoms with E-state index in [2.05, 4.69) is 71.0 Å². The molecule has 15 heavy (non-hydrogen) atoms. The van der Waals surface area contributed by atoms with E-state index in [1.165, 1.54) is 15.7 Å². The molecule has 0 spiro atoms. The molecular formula is C12H17IN2. The topological polar surface area (TPSA) is 15.3 Å². The van der Waals surface area contributed by atoms with Crippen molar-refractivity contribution in [3.63, 3.8) is 0 Å². The normalized spacial score (nSPS) is 26.9. The van der Waals surface area contributed by atoms with Gasteiger partial charge in [-0.15, -0.1) is 0 Å². The number of hydrogen-bond acceptors (Lipinski definition) is 2. The van der Waals surface area contributed by atoms with Crippen LogP contribution in [0.4, 0.5) is 5.69 Å². The highest BCUT2D eigenvalue weighted by molar-refractivity contribution is 14.1. The van der Waals surface area contributed by atoms with Gasteiger partial charge in [0.2, 0.25) is 0 Å². The maximum atomic E-state index is 3.60. The van der Waals surface area contributed by atoms with Crippen molar-refractivity contribution in [2.45, 2.75) is 25.4 Å². The molecule has 0 amide bonds. The zero-order valence-electron chi connectivity index (χ0n) is 9.20. The fourth-order valence-electron chi connectivity index (χ4n) is 2.11. The Morgan fingerprint density at radius 2 is 2.27 bits per heavy atom. The Hall–Kier alpha value is -0.290. The number of benzene rings is 1. The number of anilines is 1. The molecule has 0 bridgehead atoms. The molecule has 1 aliphatic rings. The van der Waals surface area contributed by atoms with Crippen LogP contribution in [0.1, 0.15) is 13.3 Å². The molecule has 2 rings (SSSR count). The lowest BCUT2D eigenvalue weighted by Gasteiger charge is -2.14.